The fourth-order valence-corrected chi connectivity index (χ4v) is 4.03. The van der Waals surface area contributed by atoms with Gasteiger partial charge in [-0.1, -0.05) is 6.92 Å². The highest BCUT2D eigenvalue weighted by Gasteiger charge is 2.15. The molecule has 1 rings (SSSR count). The molecule has 0 aliphatic carbocycles. The van der Waals surface area contributed by atoms with Gasteiger partial charge >= 0.3 is 0 Å². The van der Waals surface area contributed by atoms with Crippen LogP contribution in [0.15, 0.2) is 12.1 Å². The Hall–Kier alpha value is -1.10. The second-order valence-corrected chi connectivity index (χ2v) is 8.37. The molecule has 0 aromatic carbocycles. The second-order valence-electron chi connectivity index (χ2n) is 4.80. The van der Waals surface area contributed by atoms with Crippen molar-refractivity contribution in [3.8, 4) is 0 Å². The summed E-state index contributed by atoms with van der Waals surface area (Å²) in [4.78, 5) is 0. The van der Waals surface area contributed by atoms with Crippen LogP contribution in [0.2, 0.25) is 0 Å². The lowest BCUT2D eigenvalue weighted by Crippen LogP contribution is -2.31. The minimum absolute atomic E-state index is 0.201. The van der Waals surface area contributed by atoms with Crippen molar-refractivity contribution >= 4 is 20.0 Å². The number of aromatic nitrogens is 2. The molecule has 1 aromatic heterocycles. The molecule has 8 nitrogen and oxygen atoms in total. The van der Waals surface area contributed by atoms with Gasteiger partial charge in [-0.25, -0.2) is 26.3 Å². The van der Waals surface area contributed by atoms with Crippen LogP contribution >= 0.6 is 0 Å². The van der Waals surface area contributed by atoms with E-state index in [9.17, 15) is 16.8 Å². The monoisotopic (exact) mass is 336 g/mol. The predicted molar refractivity (Wildman–Crippen MR) is 79.2 cm³/mol. The normalized spacial score (nSPS) is 12.8. The fraction of sp³-hybridized carbons (Fsp3) is 0.636. The van der Waals surface area contributed by atoms with Gasteiger partial charge in [0.2, 0.25) is 20.0 Å². The molecule has 120 valence electrons. The van der Waals surface area contributed by atoms with Crippen LogP contribution in [-0.2, 0) is 31.6 Å². The highest BCUT2D eigenvalue weighted by molar-refractivity contribution is 7.88. The van der Waals surface area contributed by atoms with Crippen molar-refractivity contribution in [1.82, 2.24) is 19.6 Å². The first-order valence-electron chi connectivity index (χ1n) is 6.42. The Morgan fingerprint density at radius 1 is 1.00 bits per heavy atom. The summed E-state index contributed by atoms with van der Waals surface area (Å²) in [6.07, 6.45) is 0. The van der Waals surface area contributed by atoms with Crippen LogP contribution < -0.4 is 9.44 Å². The van der Waals surface area contributed by atoms with Crippen molar-refractivity contribution in [2.45, 2.75) is 38.3 Å². The van der Waals surface area contributed by atoms with Crippen molar-refractivity contribution in [3.63, 3.8) is 0 Å². The number of nitrogens with one attached hydrogen (secondary N) is 2. The molecule has 0 unspecified atom stereocenters. The Labute approximate surface area is 125 Å². The first-order valence-corrected chi connectivity index (χ1v) is 9.73. The van der Waals surface area contributed by atoms with Gasteiger partial charge in [-0.15, -0.1) is 0 Å². The fourth-order valence-electron chi connectivity index (χ4n) is 1.60. The minimum Gasteiger partial charge on any atom is -0.215 e. The standard InChI is InChI=1S/C11H20N4O4S2/c1-4-12-20(16,17)7-10-5-6-11(14-13-10)8-21(18,19)15-9(2)3/h5-6,9,12,15H,4,7-8H2,1-3H3. The molecular formula is C11H20N4O4S2. The van der Waals surface area contributed by atoms with Crippen LogP contribution in [0.5, 0.6) is 0 Å². The van der Waals surface area contributed by atoms with E-state index in [-0.39, 0.29) is 28.9 Å². The Balaban J connectivity index is 2.75. The summed E-state index contributed by atoms with van der Waals surface area (Å²) in [5, 5.41) is 7.50. The number of hydrogen-bond acceptors (Lipinski definition) is 6. The number of rotatable bonds is 8. The summed E-state index contributed by atoms with van der Waals surface area (Å²) in [7, 11) is -6.91. The Bertz CT molecular complexity index is 654. The van der Waals surface area contributed by atoms with Crippen LogP contribution in [0.1, 0.15) is 32.2 Å². The third-order valence-corrected chi connectivity index (χ3v) is 5.14. The van der Waals surface area contributed by atoms with Gasteiger partial charge in [0.15, 0.2) is 0 Å². The van der Waals surface area contributed by atoms with Gasteiger partial charge in [-0.3, -0.25) is 0 Å². The molecule has 0 atom stereocenters. The van der Waals surface area contributed by atoms with E-state index in [4.69, 9.17) is 0 Å². The van der Waals surface area contributed by atoms with E-state index in [2.05, 4.69) is 19.6 Å². The van der Waals surface area contributed by atoms with Crippen LogP contribution in [0.3, 0.4) is 0 Å². The highest BCUT2D eigenvalue weighted by atomic mass is 32.2. The largest absolute Gasteiger partial charge is 0.217 e. The Morgan fingerprint density at radius 3 is 1.86 bits per heavy atom. The van der Waals surface area contributed by atoms with Gasteiger partial charge in [0.05, 0.1) is 11.4 Å². The zero-order valence-corrected chi connectivity index (χ0v) is 13.8. The average Bonchev–Trinajstić information content (AvgIpc) is 2.29. The average molecular weight is 336 g/mol. The molecule has 0 radical (unpaired) electrons. The Morgan fingerprint density at radius 2 is 1.48 bits per heavy atom. The molecule has 21 heavy (non-hydrogen) atoms. The molecule has 1 aromatic rings. The third kappa shape index (κ3) is 6.93. The zero-order valence-electron chi connectivity index (χ0n) is 12.2. The van der Waals surface area contributed by atoms with Gasteiger partial charge in [-0.05, 0) is 26.0 Å². The molecule has 0 saturated carbocycles. The minimum atomic E-state index is -3.47. The van der Waals surface area contributed by atoms with E-state index in [0.29, 0.717) is 6.54 Å². The van der Waals surface area contributed by atoms with Crippen LogP contribution in [0.25, 0.3) is 0 Å². The lowest BCUT2D eigenvalue weighted by molar-refractivity contribution is 0.567. The van der Waals surface area contributed by atoms with Crippen LogP contribution in [-0.4, -0.2) is 39.6 Å². The zero-order chi connectivity index (χ0) is 16.1. The van der Waals surface area contributed by atoms with Crippen molar-refractivity contribution in [1.29, 1.82) is 0 Å². The van der Waals surface area contributed by atoms with Gasteiger partial charge in [0, 0.05) is 12.6 Å². The van der Waals surface area contributed by atoms with Gasteiger partial charge in [0.1, 0.15) is 11.5 Å². The highest BCUT2D eigenvalue weighted by Crippen LogP contribution is 2.05. The SMILES string of the molecule is CCNS(=O)(=O)Cc1ccc(CS(=O)(=O)NC(C)C)nn1. The second kappa shape index (κ2) is 7.25. The molecule has 0 fully saturated rings. The smallest absolute Gasteiger partial charge is 0.215 e. The summed E-state index contributed by atoms with van der Waals surface area (Å²) >= 11 is 0. The maximum absolute atomic E-state index is 11.7. The Kier molecular flexibility index (Phi) is 6.20. The molecule has 0 aliphatic heterocycles. The summed E-state index contributed by atoms with van der Waals surface area (Å²) in [5.41, 5.74) is 0.515. The maximum Gasteiger partial charge on any atom is 0.217 e. The summed E-state index contributed by atoms with van der Waals surface area (Å²) < 4.78 is 51.3. The third-order valence-electron chi connectivity index (χ3n) is 2.23. The molecule has 10 heteroatoms. The van der Waals surface area contributed by atoms with Crippen molar-refractivity contribution in [2.75, 3.05) is 6.54 Å². The quantitative estimate of drug-likeness (QED) is 0.675. The van der Waals surface area contributed by atoms with Crippen molar-refractivity contribution in [2.24, 2.45) is 0 Å². The molecule has 2 N–H and O–H groups in total. The topological polar surface area (TPSA) is 118 Å². The first-order chi connectivity index (χ1) is 9.63. The van der Waals surface area contributed by atoms with Gasteiger partial charge in [0.25, 0.3) is 0 Å². The molecule has 0 spiro atoms. The van der Waals surface area contributed by atoms with Crippen LogP contribution in [0, 0.1) is 0 Å². The summed E-state index contributed by atoms with van der Waals surface area (Å²) in [5.74, 6) is -0.580. The van der Waals surface area contributed by atoms with E-state index in [1.807, 2.05) is 0 Å². The van der Waals surface area contributed by atoms with Gasteiger partial charge in [-0.2, -0.15) is 10.2 Å². The number of nitrogens with zero attached hydrogens (tertiary/aromatic N) is 2. The van der Waals surface area contributed by atoms with E-state index in [1.54, 1.807) is 20.8 Å². The molecule has 0 bridgehead atoms. The molecule has 1 heterocycles. The predicted octanol–water partition coefficient (Wildman–Crippen LogP) is -0.256. The first kappa shape index (κ1) is 18.0. The lowest BCUT2D eigenvalue weighted by Gasteiger charge is -2.09. The summed E-state index contributed by atoms with van der Waals surface area (Å²) in [6, 6.07) is 2.72. The lowest BCUT2D eigenvalue weighted by atomic mass is 10.4. The molecular weight excluding hydrogens is 316 g/mol. The van der Waals surface area contributed by atoms with E-state index < -0.39 is 20.0 Å². The van der Waals surface area contributed by atoms with Crippen molar-refractivity contribution in [3.05, 3.63) is 23.5 Å². The van der Waals surface area contributed by atoms with E-state index >= 15 is 0 Å². The summed E-state index contributed by atoms with van der Waals surface area (Å²) in [6.45, 7) is 5.42. The maximum atomic E-state index is 11.7. The van der Waals surface area contributed by atoms with Gasteiger partial charge < -0.3 is 0 Å². The molecule has 0 amide bonds. The van der Waals surface area contributed by atoms with E-state index in [1.165, 1.54) is 12.1 Å². The number of hydrogen-bond donors (Lipinski definition) is 2. The van der Waals surface area contributed by atoms with Crippen LogP contribution in [0.4, 0.5) is 0 Å². The number of sulfonamides is 2. The molecule has 0 aliphatic rings. The molecule has 0 saturated heterocycles. The van der Waals surface area contributed by atoms with Crippen molar-refractivity contribution < 1.29 is 16.8 Å². The van der Waals surface area contributed by atoms with E-state index in [0.717, 1.165) is 0 Å².